The van der Waals surface area contributed by atoms with E-state index in [1.165, 1.54) is 0 Å². The van der Waals surface area contributed by atoms with Gasteiger partial charge in [-0.25, -0.2) is 0 Å². The Morgan fingerprint density at radius 2 is 1.87 bits per heavy atom. The molecule has 0 aliphatic carbocycles. The van der Waals surface area contributed by atoms with E-state index in [9.17, 15) is 9.90 Å². The highest BCUT2D eigenvalue weighted by molar-refractivity contribution is 5.78. The molecule has 0 saturated carbocycles. The van der Waals surface area contributed by atoms with E-state index in [-0.39, 0.29) is 17.9 Å². The maximum absolute atomic E-state index is 11.6. The van der Waals surface area contributed by atoms with Gasteiger partial charge in [-0.1, -0.05) is 34.1 Å². The minimum absolute atomic E-state index is 0.0637. The molecule has 2 N–H and O–H groups in total. The first-order valence-electron chi connectivity index (χ1n) is 5.98. The van der Waals surface area contributed by atoms with Crippen molar-refractivity contribution >= 4 is 5.91 Å². The summed E-state index contributed by atoms with van der Waals surface area (Å²) in [5.74, 6) is 0.586. The first kappa shape index (κ1) is 14.4. The molecule has 1 amide bonds. The highest BCUT2D eigenvalue weighted by atomic mass is 16.3. The monoisotopic (exact) mass is 215 g/mol. The Balaban J connectivity index is 3.74. The van der Waals surface area contributed by atoms with E-state index in [1.807, 2.05) is 13.8 Å². The van der Waals surface area contributed by atoms with Crippen LogP contribution in [-0.2, 0) is 4.79 Å². The number of rotatable bonds is 7. The molecular weight excluding hydrogens is 190 g/mol. The first-order chi connectivity index (χ1) is 7.02. The molecule has 3 heteroatoms. The summed E-state index contributed by atoms with van der Waals surface area (Å²) in [5, 5.41) is 12.2. The van der Waals surface area contributed by atoms with Crippen molar-refractivity contribution in [3.63, 3.8) is 0 Å². The lowest BCUT2D eigenvalue weighted by Gasteiger charge is -2.18. The zero-order chi connectivity index (χ0) is 11.8. The normalized spacial score (nSPS) is 16.9. The summed E-state index contributed by atoms with van der Waals surface area (Å²) in [6, 6.07) is 0. The molecule has 0 radical (unpaired) electrons. The molecular formula is C12H25NO2. The minimum Gasteiger partial charge on any atom is -0.393 e. The summed E-state index contributed by atoms with van der Waals surface area (Å²) in [6.45, 7) is 8.66. The van der Waals surface area contributed by atoms with Crippen LogP contribution in [0.3, 0.4) is 0 Å². The molecule has 15 heavy (non-hydrogen) atoms. The molecule has 0 aromatic heterocycles. The van der Waals surface area contributed by atoms with Gasteiger partial charge in [-0.05, 0) is 18.8 Å². The van der Waals surface area contributed by atoms with E-state index in [0.29, 0.717) is 18.9 Å². The molecule has 0 aliphatic rings. The standard InChI is InChI=1S/C12H25NO2/c1-5-9(3)10(4)12(15)13-8-7-11(14)6-2/h9-11,14H,5-8H2,1-4H3,(H,13,15). The maximum Gasteiger partial charge on any atom is 0.223 e. The Labute approximate surface area is 93.3 Å². The van der Waals surface area contributed by atoms with Crippen LogP contribution in [0.4, 0.5) is 0 Å². The van der Waals surface area contributed by atoms with Gasteiger partial charge < -0.3 is 10.4 Å². The van der Waals surface area contributed by atoms with Crippen LogP contribution in [0.15, 0.2) is 0 Å². The highest BCUT2D eigenvalue weighted by Gasteiger charge is 2.18. The Morgan fingerprint density at radius 3 is 2.33 bits per heavy atom. The largest absolute Gasteiger partial charge is 0.393 e. The van der Waals surface area contributed by atoms with E-state index in [0.717, 1.165) is 12.8 Å². The number of aliphatic hydroxyl groups is 1. The molecule has 0 aromatic carbocycles. The summed E-state index contributed by atoms with van der Waals surface area (Å²) in [6.07, 6.45) is 2.13. The summed E-state index contributed by atoms with van der Waals surface area (Å²) in [4.78, 5) is 11.6. The summed E-state index contributed by atoms with van der Waals surface area (Å²) in [7, 11) is 0. The molecule has 0 spiro atoms. The predicted octanol–water partition coefficient (Wildman–Crippen LogP) is 1.95. The number of nitrogens with one attached hydrogen (secondary N) is 1. The van der Waals surface area contributed by atoms with Gasteiger partial charge in [0.05, 0.1) is 6.10 Å². The van der Waals surface area contributed by atoms with Gasteiger partial charge in [0, 0.05) is 12.5 Å². The first-order valence-corrected chi connectivity index (χ1v) is 5.98. The van der Waals surface area contributed by atoms with Crippen LogP contribution in [0, 0.1) is 11.8 Å². The van der Waals surface area contributed by atoms with Crippen LogP contribution in [0.25, 0.3) is 0 Å². The fourth-order valence-corrected chi connectivity index (χ4v) is 1.34. The lowest BCUT2D eigenvalue weighted by Crippen LogP contribution is -2.34. The molecule has 0 saturated heterocycles. The molecule has 0 heterocycles. The van der Waals surface area contributed by atoms with Gasteiger partial charge in [0.2, 0.25) is 5.91 Å². The van der Waals surface area contributed by atoms with Gasteiger partial charge in [0.1, 0.15) is 0 Å². The molecule has 90 valence electrons. The topological polar surface area (TPSA) is 49.3 Å². The lowest BCUT2D eigenvalue weighted by atomic mass is 9.93. The van der Waals surface area contributed by atoms with Gasteiger partial charge >= 0.3 is 0 Å². The van der Waals surface area contributed by atoms with E-state index >= 15 is 0 Å². The van der Waals surface area contributed by atoms with Crippen LogP contribution in [-0.4, -0.2) is 23.7 Å². The van der Waals surface area contributed by atoms with E-state index < -0.39 is 0 Å². The zero-order valence-electron chi connectivity index (χ0n) is 10.4. The zero-order valence-corrected chi connectivity index (χ0v) is 10.4. The number of carbonyl (C=O) groups is 1. The Bertz CT molecular complexity index is 182. The Hall–Kier alpha value is -0.570. The lowest BCUT2D eigenvalue weighted by molar-refractivity contribution is -0.126. The van der Waals surface area contributed by atoms with Crippen molar-refractivity contribution in [3.8, 4) is 0 Å². The van der Waals surface area contributed by atoms with Crippen molar-refractivity contribution < 1.29 is 9.90 Å². The number of amides is 1. The molecule has 0 fully saturated rings. The number of carbonyl (C=O) groups excluding carboxylic acids is 1. The predicted molar refractivity (Wildman–Crippen MR) is 62.5 cm³/mol. The van der Waals surface area contributed by atoms with Crippen molar-refractivity contribution in [2.75, 3.05) is 6.54 Å². The van der Waals surface area contributed by atoms with Gasteiger partial charge in [-0.3, -0.25) is 4.79 Å². The van der Waals surface area contributed by atoms with Crippen molar-refractivity contribution in [1.29, 1.82) is 0 Å². The Morgan fingerprint density at radius 1 is 1.27 bits per heavy atom. The van der Waals surface area contributed by atoms with Crippen LogP contribution in [0.5, 0.6) is 0 Å². The van der Waals surface area contributed by atoms with Gasteiger partial charge in [-0.15, -0.1) is 0 Å². The molecule has 3 atom stereocenters. The molecule has 0 rings (SSSR count). The van der Waals surface area contributed by atoms with Gasteiger partial charge in [0.25, 0.3) is 0 Å². The SMILES string of the molecule is CCC(O)CCNC(=O)C(C)C(C)CC. The molecule has 0 aliphatic heterocycles. The average Bonchev–Trinajstić information content (AvgIpc) is 2.26. The highest BCUT2D eigenvalue weighted by Crippen LogP contribution is 2.14. The van der Waals surface area contributed by atoms with Crippen LogP contribution < -0.4 is 5.32 Å². The van der Waals surface area contributed by atoms with Crippen molar-refractivity contribution in [2.24, 2.45) is 11.8 Å². The second-order valence-corrected chi connectivity index (χ2v) is 4.32. The number of hydrogen-bond donors (Lipinski definition) is 2. The Kier molecular flexibility index (Phi) is 7.39. The van der Waals surface area contributed by atoms with Crippen LogP contribution in [0.2, 0.25) is 0 Å². The second-order valence-electron chi connectivity index (χ2n) is 4.32. The third-order valence-electron chi connectivity index (χ3n) is 3.16. The third kappa shape index (κ3) is 5.78. The second kappa shape index (κ2) is 7.69. The number of aliphatic hydroxyl groups excluding tert-OH is 1. The van der Waals surface area contributed by atoms with E-state index in [1.54, 1.807) is 0 Å². The average molecular weight is 215 g/mol. The van der Waals surface area contributed by atoms with Crippen LogP contribution >= 0.6 is 0 Å². The summed E-state index contributed by atoms with van der Waals surface area (Å²) >= 11 is 0. The molecule has 3 nitrogen and oxygen atoms in total. The minimum atomic E-state index is -0.288. The summed E-state index contributed by atoms with van der Waals surface area (Å²) < 4.78 is 0. The number of hydrogen-bond acceptors (Lipinski definition) is 2. The molecule has 0 aromatic rings. The van der Waals surface area contributed by atoms with E-state index in [4.69, 9.17) is 0 Å². The van der Waals surface area contributed by atoms with Crippen LogP contribution in [0.1, 0.15) is 47.0 Å². The van der Waals surface area contributed by atoms with Gasteiger partial charge in [-0.2, -0.15) is 0 Å². The fraction of sp³-hybridized carbons (Fsp3) is 0.917. The van der Waals surface area contributed by atoms with Crippen molar-refractivity contribution in [1.82, 2.24) is 5.32 Å². The third-order valence-corrected chi connectivity index (χ3v) is 3.16. The van der Waals surface area contributed by atoms with Crippen molar-refractivity contribution in [3.05, 3.63) is 0 Å². The van der Waals surface area contributed by atoms with E-state index in [2.05, 4.69) is 19.2 Å². The fourth-order valence-electron chi connectivity index (χ4n) is 1.34. The smallest absolute Gasteiger partial charge is 0.223 e. The molecule has 0 bridgehead atoms. The molecule has 3 unspecified atom stereocenters. The summed E-state index contributed by atoms with van der Waals surface area (Å²) in [5.41, 5.74) is 0. The quantitative estimate of drug-likeness (QED) is 0.682. The van der Waals surface area contributed by atoms with Crippen molar-refractivity contribution in [2.45, 2.75) is 53.1 Å². The maximum atomic E-state index is 11.6. The van der Waals surface area contributed by atoms with Gasteiger partial charge in [0.15, 0.2) is 0 Å².